The number of anilines is 1. The van der Waals surface area contributed by atoms with E-state index in [0.717, 1.165) is 10.6 Å². The van der Waals surface area contributed by atoms with E-state index in [0.29, 0.717) is 41.5 Å². The van der Waals surface area contributed by atoms with Crippen molar-refractivity contribution in [3.8, 4) is 0 Å². The van der Waals surface area contributed by atoms with Gasteiger partial charge in [-0.2, -0.15) is 4.98 Å². The molecule has 2 unspecified atom stereocenters. The molecule has 27 heavy (non-hydrogen) atoms. The van der Waals surface area contributed by atoms with Gasteiger partial charge in [0.2, 0.25) is 5.95 Å². The van der Waals surface area contributed by atoms with Gasteiger partial charge in [-0.25, -0.2) is 9.97 Å². The van der Waals surface area contributed by atoms with Crippen molar-refractivity contribution in [2.24, 2.45) is 0 Å². The van der Waals surface area contributed by atoms with Gasteiger partial charge in [0.25, 0.3) is 5.91 Å². The summed E-state index contributed by atoms with van der Waals surface area (Å²) in [5.74, 6) is 0.199. The minimum atomic E-state index is -0.467. The molecule has 1 aliphatic rings. The molecule has 8 heteroatoms. The van der Waals surface area contributed by atoms with Gasteiger partial charge >= 0.3 is 0 Å². The number of hydrogen-bond acceptors (Lipinski definition) is 7. The summed E-state index contributed by atoms with van der Waals surface area (Å²) < 4.78 is 0.691. The van der Waals surface area contributed by atoms with Crippen molar-refractivity contribution in [3.63, 3.8) is 0 Å². The largest absolute Gasteiger partial charge is 0.391 e. The van der Waals surface area contributed by atoms with Gasteiger partial charge in [0, 0.05) is 13.1 Å². The van der Waals surface area contributed by atoms with Crippen molar-refractivity contribution in [1.82, 2.24) is 19.9 Å². The van der Waals surface area contributed by atoms with E-state index in [4.69, 9.17) is 0 Å². The maximum absolute atomic E-state index is 13.0. The highest BCUT2D eigenvalue weighted by Crippen LogP contribution is 2.27. The number of aromatic nitrogens is 3. The predicted molar refractivity (Wildman–Crippen MR) is 105 cm³/mol. The van der Waals surface area contributed by atoms with Gasteiger partial charge in [-0.1, -0.05) is 30.3 Å². The quantitative estimate of drug-likeness (QED) is 0.720. The average Bonchev–Trinajstić information content (AvgIpc) is 3.26. The van der Waals surface area contributed by atoms with Crippen LogP contribution in [0.15, 0.2) is 30.3 Å². The maximum Gasteiger partial charge on any atom is 0.274 e. The minimum absolute atomic E-state index is 0.0139. The molecule has 0 saturated carbocycles. The minimum Gasteiger partial charge on any atom is -0.391 e. The first-order valence-electron chi connectivity index (χ1n) is 8.95. The summed E-state index contributed by atoms with van der Waals surface area (Å²) in [4.78, 5) is 28.1. The second kappa shape index (κ2) is 7.21. The van der Waals surface area contributed by atoms with Crippen LogP contribution in [0.4, 0.5) is 5.95 Å². The van der Waals surface area contributed by atoms with Crippen LogP contribution in [-0.2, 0) is 0 Å². The molecule has 1 aliphatic heterocycles. The number of β-amino-alcohol motifs (C(OH)–C–C–N with tert-alkyl or cyclic N) is 1. The molecule has 0 aliphatic carbocycles. The Balaban J connectivity index is 1.69. The number of hydrogen-bond donors (Lipinski definition) is 2. The molecule has 1 fully saturated rings. The molecule has 1 amide bonds. The number of aryl methyl sites for hydroxylation is 1. The number of carbonyl (C=O) groups is 1. The van der Waals surface area contributed by atoms with Crippen LogP contribution in [-0.4, -0.2) is 50.1 Å². The van der Waals surface area contributed by atoms with Crippen LogP contribution in [0, 0.1) is 6.92 Å². The van der Waals surface area contributed by atoms with Crippen LogP contribution >= 0.6 is 11.3 Å². The van der Waals surface area contributed by atoms with Crippen molar-refractivity contribution in [3.05, 3.63) is 46.6 Å². The topological polar surface area (TPSA) is 91.2 Å². The molecule has 2 N–H and O–H groups in total. The number of carbonyl (C=O) groups excluding carboxylic acids is 1. The molecular weight excluding hydrogens is 362 g/mol. The standard InChI is InChI=1S/C19H21N5O2S/c1-11(13-6-4-3-5-7-13)20-19-22-15(16-17(23-19)21-12(2)27-16)18(26)24-9-8-14(25)10-24/h3-7,11,14,25H,8-10H2,1-2H3,(H,20,22,23). The fourth-order valence-electron chi connectivity index (χ4n) is 3.23. The molecule has 140 valence electrons. The van der Waals surface area contributed by atoms with Crippen LogP contribution in [0.2, 0.25) is 0 Å². The van der Waals surface area contributed by atoms with E-state index >= 15 is 0 Å². The molecule has 7 nitrogen and oxygen atoms in total. The lowest BCUT2D eigenvalue weighted by atomic mass is 10.1. The van der Waals surface area contributed by atoms with Crippen LogP contribution < -0.4 is 5.32 Å². The van der Waals surface area contributed by atoms with Gasteiger partial charge in [-0.05, 0) is 25.8 Å². The summed E-state index contributed by atoms with van der Waals surface area (Å²) in [5.41, 5.74) is 1.98. The Hall–Kier alpha value is -2.58. The van der Waals surface area contributed by atoms with Gasteiger partial charge < -0.3 is 15.3 Å². The normalized spacial score (nSPS) is 18.0. The highest BCUT2D eigenvalue weighted by atomic mass is 32.1. The molecule has 0 bridgehead atoms. The SMILES string of the molecule is Cc1nc2nc(NC(C)c3ccccc3)nc(C(=O)N3CCC(O)C3)c2s1. The summed E-state index contributed by atoms with van der Waals surface area (Å²) in [6.07, 6.45) is 0.128. The van der Waals surface area contributed by atoms with Gasteiger partial charge in [-0.3, -0.25) is 4.79 Å². The van der Waals surface area contributed by atoms with E-state index in [1.165, 1.54) is 11.3 Å². The average molecular weight is 383 g/mol. The Morgan fingerprint density at radius 2 is 2.07 bits per heavy atom. The summed E-state index contributed by atoms with van der Waals surface area (Å²) in [6, 6.07) is 9.98. The molecule has 1 saturated heterocycles. The number of rotatable bonds is 4. The first-order valence-corrected chi connectivity index (χ1v) is 9.77. The summed E-state index contributed by atoms with van der Waals surface area (Å²) in [7, 11) is 0. The van der Waals surface area contributed by atoms with Crippen molar-refractivity contribution in [1.29, 1.82) is 0 Å². The maximum atomic E-state index is 13.0. The fraction of sp³-hybridized carbons (Fsp3) is 0.368. The Morgan fingerprint density at radius 3 is 2.78 bits per heavy atom. The molecule has 0 radical (unpaired) electrons. The Morgan fingerprint density at radius 1 is 1.30 bits per heavy atom. The van der Waals surface area contributed by atoms with E-state index < -0.39 is 6.10 Å². The predicted octanol–water partition coefficient (Wildman–Crippen LogP) is 2.77. The van der Waals surface area contributed by atoms with Crippen LogP contribution in [0.25, 0.3) is 10.3 Å². The van der Waals surface area contributed by atoms with Gasteiger partial charge in [-0.15, -0.1) is 11.3 Å². The monoisotopic (exact) mass is 383 g/mol. The Kier molecular flexibility index (Phi) is 4.75. The molecular formula is C19H21N5O2S. The molecule has 3 heterocycles. The lowest BCUT2D eigenvalue weighted by Gasteiger charge is -2.17. The van der Waals surface area contributed by atoms with E-state index in [2.05, 4.69) is 20.3 Å². The number of aliphatic hydroxyl groups excluding tert-OH is 1. The number of nitrogens with one attached hydrogen (secondary N) is 1. The zero-order valence-corrected chi connectivity index (χ0v) is 16.0. The molecule has 2 aromatic heterocycles. The Labute approximate surface area is 161 Å². The molecule has 2 atom stereocenters. The third kappa shape index (κ3) is 3.63. The van der Waals surface area contributed by atoms with Crippen molar-refractivity contribution >= 4 is 33.5 Å². The third-order valence-electron chi connectivity index (χ3n) is 4.66. The van der Waals surface area contributed by atoms with E-state index in [1.54, 1.807) is 4.90 Å². The number of benzene rings is 1. The zero-order valence-electron chi connectivity index (χ0n) is 15.2. The first kappa shape index (κ1) is 17.8. The lowest BCUT2D eigenvalue weighted by molar-refractivity contribution is 0.0761. The number of nitrogens with zero attached hydrogens (tertiary/aromatic N) is 4. The van der Waals surface area contributed by atoms with Gasteiger partial charge in [0.15, 0.2) is 11.3 Å². The number of fused-ring (bicyclic) bond motifs is 1. The van der Waals surface area contributed by atoms with Crippen LogP contribution in [0.3, 0.4) is 0 Å². The number of aliphatic hydroxyl groups is 1. The van der Waals surface area contributed by atoms with Crippen molar-refractivity contribution < 1.29 is 9.90 Å². The highest BCUT2D eigenvalue weighted by Gasteiger charge is 2.29. The second-order valence-corrected chi connectivity index (χ2v) is 7.96. The van der Waals surface area contributed by atoms with E-state index in [-0.39, 0.29) is 11.9 Å². The number of likely N-dealkylation sites (tertiary alicyclic amines) is 1. The molecule has 4 rings (SSSR count). The smallest absolute Gasteiger partial charge is 0.274 e. The van der Waals surface area contributed by atoms with Crippen LogP contribution in [0.1, 0.15) is 40.4 Å². The fourth-order valence-corrected chi connectivity index (χ4v) is 4.07. The van der Waals surface area contributed by atoms with E-state index in [9.17, 15) is 9.90 Å². The van der Waals surface area contributed by atoms with Gasteiger partial charge in [0.05, 0.1) is 17.2 Å². The summed E-state index contributed by atoms with van der Waals surface area (Å²) >= 11 is 1.42. The van der Waals surface area contributed by atoms with Crippen LogP contribution in [0.5, 0.6) is 0 Å². The Bertz CT molecular complexity index is 975. The molecule has 0 spiro atoms. The summed E-state index contributed by atoms with van der Waals surface area (Å²) in [6.45, 7) is 4.78. The number of thiazole rings is 1. The molecule has 1 aromatic carbocycles. The zero-order chi connectivity index (χ0) is 19.0. The van der Waals surface area contributed by atoms with E-state index in [1.807, 2.05) is 44.2 Å². The first-order chi connectivity index (χ1) is 13.0. The second-order valence-electron chi connectivity index (χ2n) is 6.75. The van der Waals surface area contributed by atoms with Gasteiger partial charge in [0.1, 0.15) is 4.70 Å². The third-order valence-corrected chi connectivity index (χ3v) is 5.63. The molecule has 3 aromatic rings. The van der Waals surface area contributed by atoms with Crippen molar-refractivity contribution in [2.45, 2.75) is 32.4 Å². The summed E-state index contributed by atoms with van der Waals surface area (Å²) in [5, 5.41) is 13.9. The number of amides is 1. The van der Waals surface area contributed by atoms with Crippen molar-refractivity contribution in [2.75, 3.05) is 18.4 Å². The highest BCUT2D eigenvalue weighted by molar-refractivity contribution is 7.18. The lowest BCUT2D eigenvalue weighted by Crippen LogP contribution is -2.30.